The van der Waals surface area contributed by atoms with Gasteiger partial charge in [0.05, 0.1) is 12.2 Å². The van der Waals surface area contributed by atoms with E-state index in [9.17, 15) is 4.79 Å². The standard InChI is InChI=1S/C27H35ClN4O2/c1-20(2)29-26(33)19-32-18-25(30-27(32)22-9-6-10-23(28)16-22)21-8-7-11-24(17-21)34-15-14-31-12-4-3-5-13-31/h6-11,16-18,20,27,30H,3-5,12-15,19H2,1-2H3,(H,29,33). The minimum atomic E-state index is -0.185. The Balaban J connectivity index is 1.46. The highest BCUT2D eigenvalue weighted by atomic mass is 35.5. The average molecular weight is 483 g/mol. The summed E-state index contributed by atoms with van der Waals surface area (Å²) in [7, 11) is 0. The van der Waals surface area contributed by atoms with Crippen LogP contribution in [0.1, 0.15) is 50.4 Å². The molecule has 2 aromatic rings. The second-order valence-corrected chi connectivity index (χ2v) is 9.75. The van der Waals surface area contributed by atoms with Crippen molar-refractivity contribution in [3.63, 3.8) is 0 Å². The lowest BCUT2D eigenvalue weighted by molar-refractivity contribution is -0.122. The number of hydrogen-bond acceptors (Lipinski definition) is 5. The predicted octanol–water partition coefficient (Wildman–Crippen LogP) is 4.63. The van der Waals surface area contributed by atoms with Crippen LogP contribution in [0.3, 0.4) is 0 Å². The number of ether oxygens (including phenoxy) is 1. The molecule has 7 heteroatoms. The van der Waals surface area contributed by atoms with Crippen LogP contribution < -0.4 is 15.4 Å². The first-order valence-corrected chi connectivity index (χ1v) is 12.6. The molecule has 1 unspecified atom stereocenters. The summed E-state index contributed by atoms with van der Waals surface area (Å²) in [5, 5.41) is 7.23. The van der Waals surface area contributed by atoms with Crippen LogP contribution in [0.5, 0.6) is 5.75 Å². The molecule has 0 radical (unpaired) electrons. The number of nitrogens with one attached hydrogen (secondary N) is 2. The third-order valence-corrected chi connectivity index (χ3v) is 6.36. The predicted molar refractivity (Wildman–Crippen MR) is 138 cm³/mol. The van der Waals surface area contributed by atoms with Gasteiger partial charge in [-0.15, -0.1) is 0 Å². The van der Waals surface area contributed by atoms with Crippen molar-refractivity contribution >= 4 is 23.2 Å². The van der Waals surface area contributed by atoms with Crippen LogP contribution in [0.15, 0.2) is 54.7 Å². The first-order valence-electron chi connectivity index (χ1n) is 12.2. The largest absolute Gasteiger partial charge is 0.492 e. The van der Waals surface area contributed by atoms with Crippen molar-refractivity contribution in [3.8, 4) is 5.75 Å². The van der Waals surface area contributed by atoms with E-state index in [1.165, 1.54) is 32.4 Å². The van der Waals surface area contributed by atoms with Crippen LogP contribution in [0.2, 0.25) is 5.02 Å². The highest BCUT2D eigenvalue weighted by Crippen LogP contribution is 2.32. The Bertz CT molecular complexity index is 1000. The normalized spacial score (nSPS) is 18.5. The van der Waals surface area contributed by atoms with Gasteiger partial charge in [-0.1, -0.05) is 42.3 Å². The third kappa shape index (κ3) is 6.67. The highest BCUT2D eigenvalue weighted by Gasteiger charge is 2.28. The molecule has 1 amide bonds. The summed E-state index contributed by atoms with van der Waals surface area (Å²) in [6, 6.07) is 16.0. The van der Waals surface area contributed by atoms with E-state index < -0.39 is 0 Å². The summed E-state index contributed by atoms with van der Waals surface area (Å²) in [6.07, 6.45) is 5.74. The summed E-state index contributed by atoms with van der Waals surface area (Å²) in [5.74, 6) is 0.837. The van der Waals surface area contributed by atoms with Gasteiger partial charge in [0.25, 0.3) is 0 Å². The van der Waals surface area contributed by atoms with Gasteiger partial charge < -0.3 is 20.3 Å². The van der Waals surface area contributed by atoms with Gasteiger partial charge in [0.2, 0.25) is 5.91 Å². The van der Waals surface area contributed by atoms with Crippen LogP contribution in [-0.4, -0.2) is 54.5 Å². The topological polar surface area (TPSA) is 56.8 Å². The van der Waals surface area contributed by atoms with Gasteiger partial charge in [-0.05, 0) is 69.6 Å². The maximum atomic E-state index is 12.5. The number of carbonyl (C=O) groups is 1. The lowest BCUT2D eigenvalue weighted by Gasteiger charge is -2.26. The van der Waals surface area contributed by atoms with Crippen LogP contribution >= 0.6 is 11.6 Å². The zero-order valence-corrected chi connectivity index (χ0v) is 20.9. The summed E-state index contributed by atoms with van der Waals surface area (Å²) in [4.78, 5) is 17.0. The van der Waals surface area contributed by atoms with Crippen LogP contribution in [0.25, 0.3) is 5.70 Å². The second kappa shape index (κ2) is 11.6. The monoisotopic (exact) mass is 482 g/mol. The fraction of sp³-hybridized carbons (Fsp3) is 0.444. The van der Waals surface area contributed by atoms with Gasteiger partial charge in [0, 0.05) is 29.4 Å². The van der Waals surface area contributed by atoms with Crippen molar-refractivity contribution in [1.29, 1.82) is 0 Å². The SMILES string of the molecule is CC(C)NC(=O)CN1C=C(c2cccc(OCCN3CCCCC3)c2)NC1c1cccc(Cl)c1. The maximum absolute atomic E-state index is 12.5. The number of hydrogen-bond donors (Lipinski definition) is 2. The molecule has 0 spiro atoms. The highest BCUT2D eigenvalue weighted by molar-refractivity contribution is 6.30. The molecule has 2 heterocycles. The minimum absolute atomic E-state index is 0.0175. The van der Waals surface area contributed by atoms with E-state index in [4.69, 9.17) is 16.3 Å². The number of piperidine rings is 1. The first kappa shape index (κ1) is 24.4. The Labute approximate surface area is 207 Å². The molecule has 2 N–H and O–H groups in total. The number of likely N-dealkylation sites (tertiary alicyclic amines) is 1. The summed E-state index contributed by atoms with van der Waals surface area (Å²) < 4.78 is 6.08. The summed E-state index contributed by atoms with van der Waals surface area (Å²) >= 11 is 6.26. The van der Waals surface area contributed by atoms with Crippen LogP contribution in [0, 0.1) is 0 Å². The molecule has 6 nitrogen and oxygen atoms in total. The second-order valence-electron chi connectivity index (χ2n) is 9.32. The van der Waals surface area contributed by atoms with E-state index in [2.05, 4.69) is 27.7 Å². The van der Waals surface area contributed by atoms with E-state index in [0.29, 0.717) is 11.6 Å². The Morgan fingerprint density at radius 1 is 1.15 bits per heavy atom. The fourth-order valence-corrected chi connectivity index (χ4v) is 4.72. The van der Waals surface area contributed by atoms with E-state index in [-0.39, 0.29) is 24.7 Å². The number of benzene rings is 2. The average Bonchev–Trinajstić information content (AvgIpc) is 3.23. The molecule has 1 fully saturated rings. The molecule has 0 aliphatic carbocycles. The van der Waals surface area contributed by atoms with Gasteiger partial charge >= 0.3 is 0 Å². The Hall–Kier alpha value is -2.70. The van der Waals surface area contributed by atoms with Crippen LogP contribution in [0.4, 0.5) is 0 Å². The lowest BCUT2D eigenvalue weighted by atomic mass is 10.1. The third-order valence-electron chi connectivity index (χ3n) is 6.13. The Morgan fingerprint density at radius 2 is 1.94 bits per heavy atom. The van der Waals surface area contributed by atoms with Crippen LogP contribution in [-0.2, 0) is 4.79 Å². The quantitative estimate of drug-likeness (QED) is 0.545. The lowest BCUT2D eigenvalue weighted by Crippen LogP contribution is -2.40. The molecule has 1 saturated heterocycles. The van der Waals surface area contributed by atoms with Crippen molar-refractivity contribution < 1.29 is 9.53 Å². The zero-order valence-electron chi connectivity index (χ0n) is 20.1. The van der Waals surface area contributed by atoms with Gasteiger partial charge in [-0.25, -0.2) is 0 Å². The van der Waals surface area contributed by atoms with E-state index in [0.717, 1.165) is 29.1 Å². The Kier molecular flexibility index (Phi) is 8.35. The van der Waals surface area contributed by atoms with Crippen molar-refractivity contribution in [2.45, 2.75) is 45.3 Å². The summed E-state index contributed by atoms with van der Waals surface area (Å²) in [6.45, 7) is 8.16. The van der Waals surface area contributed by atoms with E-state index in [1.54, 1.807) is 0 Å². The van der Waals surface area contributed by atoms with Crippen molar-refractivity contribution in [3.05, 3.63) is 70.9 Å². The number of nitrogens with zero attached hydrogens (tertiary/aromatic N) is 2. The number of carbonyl (C=O) groups excluding carboxylic acids is 1. The van der Waals surface area contributed by atoms with Gasteiger partial charge in [0.1, 0.15) is 18.5 Å². The molecule has 182 valence electrons. The molecule has 0 saturated carbocycles. The first-order chi connectivity index (χ1) is 16.5. The summed E-state index contributed by atoms with van der Waals surface area (Å²) in [5.41, 5.74) is 2.98. The minimum Gasteiger partial charge on any atom is -0.492 e. The molecule has 4 rings (SSSR count). The zero-order chi connectivity index (χ0) is 23.9. The van der Waals surface area contributed by atoms with Crippen molar-refractivity contribution in [2.75, 3.05) is 32.8 Å². The molecule has 0 aromatic heterocycles. The maximum Gasteiger partial charge on any atom is 0.239 e. The van der Waals surface area contributed by atoms with Gasteiger partial charge in [-0.2, -0.15) is 0 Å². The number of amides is 1. The van der Waals surface area contributed by atoms with Gasteiger partial charge in [0.15, 0.2) is 0 Å². The molecule has 2 aromatic carbocycles. The molecular formula is C27H35ClN4O2. The molecule has 34 heavy (non-hydrogen) atoms. The Morgan fingerprint density at radius 3 is 2.71 bits per heavy atom. The number of halogens is 1. The molecule has 1 atom stereocenters. The molecule has 2 aliphatic heterocycles. The van der Waals surface area contributed by atoms with Crippen molar-refractivity contribution in [1.82, 2.24) is 20.4 Å². The number of rotatable bonds is 9. The fourth-order valence-electron chi connectivity index (χ4n) is 4.52. The van der Waals surface area contributed by atoms with E-state index in [1.807, 2.05) is 61.3 Å². The van der Waals surface area contributed by atoms with E-state index >= 15 is 0 Å². The molecule has 0 bridgehead atoms. The molecular weight excluding hydrogens is 448 g/mol. The van der Waals surface area contributed by atoms with Gasteiger partial charge in [-0.3, -0.25) is 9.69 Å². The smallest absolute Gasteiger partial charge is 0.239 e. The van der Waals surface area contributed by atoms with Crippen molar-refractivity contribution in [2.24, 2.45) is 0 Å². The molecule has 2 aliphatic rings.